The smallest absolute Gasteiger partial charge is 0.219 e. The maximum absolute atomic E-state index is 13.0. The zero-order valence-corrected chi connectivity index (χ0v) is 9.73. The van der Waals surface area contributed by atoms with E-state index < -0.39 is 11.6 Å². The quantitative estimate of drug-likeness (QED) is 0.910. The van der Waals surface area contributed by atoms with E-state index in [9.17, 15) is 8.78 Å². The first-order valence-corrected chi connectivity index (χ1v) is 5.40. The second-order valence-electron chi connectivity index (χ2n) is 3.90. The molecule has 0 spiro atoms. The maximum atomic E-state index is 13.0. The summed E-state index contributed by atoms with van der Waals surface area (Å²) >= 11 is 0. The van der Waals surface area contributed by atoms with Crippen LogP contribution in [-0.4, -0.2) is 4.98 Å². The first-order chi connectivity index (χ1) is 8.56. The number of ether oxygens (including phenoxy) is 1. The van der Waals surface area contributed by atoms with Gasteiger partial charge in [-0.05, 0) is 24.6 Å². The monoisotopic (exact) mass is 250 g/mol. The van der Waals surface area contributed by atoms with Crippen molar-refractivity contribution in [1.29, 1.82) is 0 Å². The van der Waals surface area contributed by atoms with Crippen molar-refractivity contribution < 1.29 is 13.5 Å². The third-order valence-electron chi connectivity index (χ3n) is 2.40. The summed E-state index contributed by atoms with van der Waals surface area (Å²) in [5.41, 5.74) is 6.55. The van der Waals surface area contributed by atoms with Crippen LogP contribution in [0.25, 0.3) is 0 Å². The molecule has 1 unspecified atom stereocenters. The Kier molecular flexibility index (Phi) is 3.53. The van der Waals surface area contributed by atoms with Crippen LogP contribution in [0.4, 0.5) is 8.78 Å². The van der Waals surface area contributed by atoms with Gasteiger partial charge in [-0.3, -0.25) is 0 Å². The van der Waals surface area contributed by atoms with Gasteiger partial charge in [0.15, 0.2) is 11.6 Å². The van der Waals surface area contributed by atoms with Gasteiger partial charge in [-0.1, -0.05) is 6.07 Å². The van der Waals surface area contributed by atoms with Crippen molar-refractivity contribution >= 4 is 0 Å². The van der Waals surface area contributed by atoms with Gasteiger partial charge in [0.05, 0.1) is 0 Å². The highest BCUT2D eigenvalue weighted by atomic mass is 19.2. The fourth-order valence-electron chi connectivity index (χ4n) is 1.38. The lowest BCUT2D eigenvalue weighted by molar-refractivity contribution is 0.447. The molecular formula is C13H12F2N2O. The van der Waals surface area contributed by atoms with Crippen molar-refractivity contribution in [2.24, 2.45) is 5.73 Å². The Morgan fingerprint density at radius 1 is 1.17 bits per heavy atom. The molecule has 2 aromatic rings. The van der Waals surface area contributed by atoms with Crippen LogP contribution < -0.4 is 10.5 Å². The summed E-state index contributed by atoms with van der Waals surface area (Å²) in [7, 11) is 0. The number of hydrogen-bond acceptors (Lipinski definition) is 3. The van der Waals surface area contributed by atoms with E-state index in [1.807, 2.05) is 6.92 Å². The molecule has 0 aliphatic rings. The molecule has 0 aliphatic heterocycles. The SMILES string of the molecule is CC(N)c1ccc(Oc2ccc(F)c(F)c2)nc1. The summed E-state index contributed by atoms with van der Waals surface area (Å²) in [6.07, 6.45) is 1.58. The maximum Gasteiger partial charge on any atom is 0.219 e. The highest BCUT2D eigenvalue weighted by molar-refractivity contribution is 5.29. The molecule has 1 atom stereocenters. The van der Waals surface area contributed by atoms with Crippen LogP contribution in [0.15, 0.2) is 36.5 Å². The van der Waals surface area contributed by atoms with E-state index in [2.05, 4.69) is 4.98 Å². The van der Waals surface area contributed by atoms with Crippen molar-refractivity contribution in [1.82, 2.24) is 4.98 Å². The number of aromatic nitrogens is 1. The Bertz CT molecular complexity index is 541. The van der Waals surface area contributed by atoms with E-state index in [1.54, 1.807) is 18.3 Å². The average Bonchev–Trinajstić information content (AvgIpc) is 2.34. The fourth-order valence-corrected chi connectivity index (χ4v) is 1.38. The van der Waals surface area contributed by atoms with E-state index >= 15 is 0 Å². The van der Waals surface area contributed by atoms with Gasteiger partial charge in [-0.25, -0.2) is 13.8 Å². The normalized spacial score (nSPS) is 12.2. The standard InChI is InChI=1S/C13H12F2N2O/c1-8(16)9-2-5-13(17-7-9)18-10-3-4-11(14)12(15)6-10/h2-8H,16H2,1H3. The molecule has 0 fully saturated rings. The third kappa shape index (κ3) is 2.81. The predicted molar refractivity (Wildman–Crippen MR) is 63.3 cm³/mol. The van der Waals surface area contributed by atoms with E-state index in [0.717, 1.165) is 17.7 Å². The van der Waals surface area contributed by atoms with Gasteiger partial charge in [-0.15, -0.1) is 0 Å². The third-order valence-corrected chi connectivity index (χ3v) is 2.40. The molecule has 0 radical (unpaired) electrons. The Morgan fingerprint density at radius 2 is 1.94 bits per heavy atom. The van der Waals surface area contributed by atoms with Crippen LogP contribution >= 0.6 is 0 Å². The molecule has 94 valence electrons. The molecule has 2 N–H and O–H groups in total. The molecule has 5 heteroatoms. The number of nitrogens with zero attached hydrogens (tertiary/aromatic N) is 1. The van der Waals surface area contributed by atoms with Crippen molar-refractivity contribution in [3.8, 4) is 11.6 Å². The molecule has 2 rings (SSSR count). The van der Waals surface area contributed by atoms with Crippen LogP contribution in [0.1, 0.15) is 18.5 Å². The number of halogens is 2. The predicted octanol–water partition coefficient (Wildman–Crippen LogP) is 3.17. The van der Waals surface area contributed by atoms with Gasteiger partial charge in [0.25, 0.3) is 0 Å². The van der Waals surface area contributed by atoms with E-state index in [0.29, 0.717) is 5.88 Å². The van der Waals surface area contributed by atoms with Crippen LogP contribution in [-0.2, 0) is 0 Å². The van der Waals surface area contributed by atoms with E-state index in [-0.39, 0.29) is 11.8 Å². The summed E-state index contributed by atoms with van der Waals surface area (Å²) in [6.45, 7) is 1.84. The molecule has 0 saturated heterocycles. The molecular weight excluding hydrogens is 238 g/mol. The van der Waals surface area contributed by atoms with Crippen molar-refractivity contribution in [2.45, 2.75) is 13.0 Å². The Labute approximate surface area is 103 Å². The summed E-state index contributed by atoms with van der Waals surface area (Å²) in [5.74, 6) is -1.39. The van der Waals surface area contributed by atoms with Gasteiger partial charge < -0.3 is 10.5 Å². The molecule has 0 saturated carbocycles. The second-order valence-corrected chi connectivity index (χ2v) is 3.90. The average molecular weight is 250 g/mol. The summed E-state index contributed by atoms with van der Waals surface area (Å²) in [5, 5.41) is 0. The number of hydrogen-bond donors (Lipinski definition) is 1. The Hall–Kier alpha value is -2.01. The second kappa shape index (κ2) is 5.10. The Morgan fingerprint density at radius 3 is 2.50 bits per heavy atom. The van der Waals surface area contributed by atoms with Crippen molar-refractivity contribution in [2.75, 3.05) is 0 Å². The highest BCUT2D eigenvalue weighted by Crippen LogP contribution is 2.22. The van der Waals surface area contributed by atoms with Gasteiger partial charge in [0.2, 0.25) is 5.88 Å². The molecule has 18 heavy (non-hydrogen) atoms. The van der Waals surface area contributed by atoms with Gasteiger partial charge in [-0.2, -0.15) is 0 Å². The molecule has 1 aromatic carbocycles. The summed E-state index contributed by atoms with van der Waals surface area (Å²) < 4.78 is 31.0. The summed E-state index contributed by atoms with van der Waals surface area (Å²) in [4.78, 5) is 4.03. The highest BCUT2D eigenvalue weighted by Gasteiger charge is 2.05. The molecule has 1 aromatic heterocycles. The largest absolute Gasteiger partial charge is 0.439 e. The van der Waals surface area contributed by atoms with Crippen LogP contribution in [0, 0.1) is 11.6 Å². The van der Waals surface area contributed by atoms with Crippen molar-refractivity contribution in [3.05, 3.63) is 53.7 Å². The lowest BCUT2D eigenvalue weighted by atomic mass is 10.2. The minimum Gasteiger partial charge on any atom is -0.439 e. The van der Waals surface area contributed by atoms with Gasteiger partial charge in [0.1, 0.15) is 5.75 Å². The van der Waals surface area contributed by atoms with Crippen molar-refractivity contribution in [3.63, 3.8) is 0 Å². The lowest BCUT2D eigenvalue weighted by Gasteiger charge is -2.07. The minimum atomic E-state index is -0.959. The summed E-state index contributed by atoms with van der Waals surface area (Å²) in [6, 6.07) is 6.58. The molecule has 3 nitrogen and oxygen atoms in total. The first kappa shape index (κ1) is 12.4. The van der Waals surface area contributed by atoms with E-state index in [1.165, 1.54) is 6.07 Å². The minimum absolute atomic E-state index is 0.116. The topological polar surface area (TPSA) is 48.1 Å². The molecule has 0 bridgehead atoms. The number of benzene rings is 1. The Balaban J connectivity index is 2.15. The van der Waals surface area contributed by atoms with E-state index in [4.69, 9.17) is 10.5 Å². The fraction of sp³-hybridized carbons (Fsp3) is 0.154. The molecule has 0 amide bonds. The van der Waals surface area contributed by atoms with Crippen LogP contribution in [0.5, 0.6) is 11.6 Å². The zero-order chi connectivity index (χ0) is 13.1. The van der Waals surface area contributed by atoms with Crippen LogP contribution in [0.2, 0.25) is 0 Å². The number of pyridine rings is 1. The molecule has 1 heterocycles. The van der Waals surface area contributed by atoms with Gasteiger partial charge >= 0.3 is 0 Å². The lowest BCUT2D eigenvalue weighted by Crippen LogP contribution is -2.05. The van der Waals surface area contributed by atoms with Crippen LogP contribution in [0.3, 0.4) is 0 Å². The number of nitrogens with two attached hydrogens (primary N) is 1. The van der Waals surface area contributed by atoms with Gasteiger partial charge in [0, 0.05) is 24.4 Å². The first-order valence-electron chi connectivity index (χ1n) is 5.40. The number of rotatable bonds is 3. The zero-order valence-electron chi connectivity index (χ0n) is 9.73. The molecule has 0 aliphatic carbocycles.